The molecule has 0 fully saturated rings. The first-order valence-electron chi connectivity index (χ1n) is 6.15. The molecule has 0 saturated heterocycles. The number of rotatable bonds is 8. The lowest BCUT2D eigenvalue weighted by Gasteiger charge is -2.16. The van der Waals surface area contributed by atoms with E-state index in [1.807, 2.05) is 0 Å². The van der Waals surface area contributed by atoms with E-state index >= 15 is 0 Å². The van der Waals surface area contributed by atoms with Gasteiger partial charge in [0.2, 0.25) is 17.7 Å². The molecular formula is C11H20N4O5S. The van der Waals surface area contributed by atoms with Crippen molar-refractivity contribution in [2.45, 2.75) is 32.0 Å². The quantitative estimate of drug-likeness (QED) is 0.271. The van der Waals surface area contributed by atoms with Gasteiger partial charge in [-0.3, -0.25) is 19.2 Å². The smallest absolute Gasteiger partial charge is 0.325 e. The molecule has 3 amide bonds. The van der Waals surface area contributed by atoms with Crippen molar-refractivity contribution >= 4 is 36.3 Å². The number of thiol groups is 1. The third-order valence-electron chi connectivity index (χ3n) is 2.46. The fourth-order valence-electron chi connectivity index (χ4n) is 1.14. The fourth-order valence-corrected chi connectivity index (χ4v) is 1.31. The van der Waals surface area contributed by atoms with Crippen molar-refractivity contribution in [2.24, 2.45) is 5.73 Å². The molecule has 9 nitrogen and oxygen atoms in total. The predicted molar refractivity (Wildman–Crippen MR) is 77.7 cm³/mol. The van der Waals surface area contributed by atoms with Crippen LogP contribution in [-0.4, -0.2) is 59.2 Å². The SMILES string of the molecule is CC(NC(=O)C(C)NC(=O)CNC(=O)C(N)CS)C(=O)O. The van der Waals surface area contributed by atoms with Gasteiger partial charge in [-0.2, -0.15) is 12.6 Å². The van der Waals surface area contributed by atoms with E-state index in [4.69, 9.17) is 10.8 Å². The van der Waals surface area contributed by atoms with E-state index in [1.165, 1.54) is 13.8 Å². The number of nitrogens with two attached hydrogens (primary N) is 1. The molecule has 0 aliphatic carbocycles. The van der Waals surface area contributed by atoms with Gasteiger partial charge >= 0.3 is 5.97 Å². The van der Waals surface area contributed by atoms with Gasteiger partial charge < -0.3 is 26.8 Å². The van der Waals surface area contributed by atoms with Crippen LogP contribution in [0, 0.1) is 0 Å². The number of carboxylic acids is 1. The summed E-state index contributed by atoms with van der Waals surface area (Å²) in [7, 11) is 0. The van der Waals surface area contributed by atoms with Crippen LogP contribution in [0.3, 0.4) is 0 Å². The molecule has 0 heterocycles. The van der Waals surface area contributed by atoms with Crippen LogP contribution in [0.1, 0.15) is 13.8 Å². The average Bonchev–Trinajstić information content (AvgIpc) is 2.43. The number of amides is 3. The molecule has 0 spiro atoms. The maximum atomic E-state index is 11.6. The van der Waals surface area contributed by atoms with Crippen molar-refractivity contribution in [3.8, 4) is 0 Å². The summed E-state index contributed by atoms with van der Waals surface area (Å²) < 4.78 is 0. The minimum absolute atomic E-state index is 0.138. The van der Waals surface area contributed by atoms with Crippen molar-refractivity contribution in [3.05, 3.63) is 0 Å². The molecule has 6 N–H and O–H groups in total. The standard InChI is InChI=1S/C11H20N4O5S/c1-5(9(17)15-6(2)11(19)20)14-8(16)3-13-10(18)7(12)4-21/h5-7,21H,3-4,12H2,1-2H3,(H,13,18)(H,14,16)(H,15,17)(H,19,20). The predicted octanol–water partition coefficient (Wildman–Crippen LogP) is -2.55. The van der Waals surface area contributed by atoms with Crippen molar-refractivity contribution < 1.29 is 24.3 Å². The highest BCUT2D eigenvalue weighted by molar-refractivity contribution is 7.80. The number of hydrogen-bond donors (Lipinski definition) is 6. The maximum Gasteiger partial charge on any atom is 0.325 e. The number of hydrogen-bond acceptors (Lipinski definition) is 6. The van der Waals surface area contributed by atoms with Crippen LogP contribution >= 0.6 is 12.6 Å². The minimum Gasteiger partial charge on any atom is -0.480 e. The molecule has 0 aliphatic rings. The molecule has 3 atom stereocenters. The molecule has 0 aliphatic heterocycles. The van der Waals surface area contributed by atoms with Crippen LogP contribution in [0.15, 0.2) is 0 Å². The Bertz CT molecular complexity index is 417. The molecular weight excluding hydrogens is 300 g/mol. The van der Waals surface area contributed by atoms with Crippen LogP contribution in [-0.2, 0) is 19.2 Å². The molecule has 0 radical (unpaired) electrons. The van der Waals surface area contributed by atoms with Crippen molar-refractivity contribution in [3.63, 3.8) is 0 Å². The Morgan fingerprint density at radius 3 is 2.14 bits per heavy atom. The lowest BCUT2D eigenvalue weighted by atomic mass is 10.2. The van der Waals surface area contributed by atoms with Gasteiger partial charge in [-0.1, -0.05) is 0 Å². The largest absolute Gasteiger partial charge is 0.480 e. The first-order chi connectivity index (χ1) is 9.68. The lowest BCUT2D eigenvalue weighted by molar-refractivity contribution is -0.141. The van der Waals surface area contributed by atoms with E-state index in [0.29, 0.717) is 0 Å². The second kappa shape index (κ2) is 9.19. The summed E-state index contributed by atoms with van der Waals surface area (Å²) in [5.41, 5.74) is 5.40. The van der Waals surface area contributed by atoms with Gasteiger partial charge in [-0.25, -0.2) is 0 Å². The van der Waals surface area contributed by atoms with Gasteiger partial charge in [0.25, 0.3) is 0 Å². The van der Waals surface area contributed by atoms with Gasteiger partial charge in [-0.05, 0) is 13.8 Å². The van der Waals surface area contributed by atoms with Crippen molar-refractivity contribution in [1.82, 2.24) is 16.0 Å². The Morgan fingerprint density at radius 1 is 1.10 bits per heavy atom. The van der Waals surface area contributed by atoms with Crippen LogP contribution in [0.5, 0.6) is 0 Å². The molecule has 0 saturated carbocycles. The van der Waals surface area contributed by atoms with Gasteiger partial charge in [0.15, 0.2) is 0 Å². The van der Waals surface area contributed by atoms with Crippen LogP contribution in [0.4, 0.5) is 0 Å². The third kappa shape index (κ3) is 7.51. The second-order valence-corrected chi connectivity index (χ2v) is 4.73. The molecule has 0 aromatic carbocycles. The zero-order valence-corrected chi connectivity index (χ0v) is 12.6. The second-order valence-electron chi connectivity index (χ2n) is 4.36. The molecule has 0 rings (SSSR count). The summed E-state index contributed by atoms with van der Waals surface area (Å²) in [5, 5.41) is 15.5. The number of carboxylic acid groups (broad SMARTS) is 1. The number of nitrogens with one attached hydrogen (secondary N) is 3. The van der Waals surface area contributed by atoms with E-state index in [9.17, 15) is 19.2 Å². The van der Waals surface area contributed by atoms with Crippen molar-refractivity contribution in [2.75, 3.05) is 12.3 Å². The Kier molecular flexibility index (Phi) is 8.39. The lowest BCUT2D eigenvalue weighted by Crippen LogP contribution is -2.52. The highest BCUT2D eigenvalue weighted by atomic mass is 32.1. The van der Waals surface area contributed by atoms with E-state index in [1.54, 1.807) is 0 Å². The maximum absolute atomic E-state index is 11.6. The van der Waals surface area contributed by atoms with Gasteiger partial charge in [0.05, 0.1) is 12.6 Å². The number of aliphatic carboxylic acids is 1. The van der Waals surface area contributed by atoms with Gasteiger partial charge in [0.1, 0.15) is 12.1 Å². The molecule has 0 aromatic heterocycles. The topological polar surface area (TPSA) is 151 Å². The highest BCUT2D eigenvalue weighted by Crippen LogP contribution is 1.88. The summed E-state index contributed by atoms with van der Waals surface area (Å²) in [5.74, 6) is -2.82. The summed E-state index contributed by atoms with van der Waals surface area (Å²) in [6, 6.07) is -2.82. The Hall–Kier alpha value is -1.81. The molecule has 21 heavy (non-hydrogen) atoms. The average molecular weight is 320 g/mol. The first kappa shape index (κ1) is 19.2. The highest BCUT2D eigenvalue weighted by Gasteiger charge is 2.20. The molecule has 3 unspecified atom stereocenters. The Balaban J connectivity index is 4.17. The monoisotopic (exact) mass is 320 g/mol. The third-order valence-corrected chi connectivity index (χ3v) is 2.85. The summed E-state index contributed by atoms with van der Waals surface area (Å²) in [4.78, 5) is 45.0. The minimum atomic E-state index is -1.19. The molecule has 0 aromatic rings. The molecule has 120 valence electrons. The molecule has 10 heteroatoms. The summed E-state index contributed by atoms with van der Waals surface area (Å²) in [6.07, 6.45) is 0. The van der Waals surface area contributed by atoms with E-state index in [0.717, 1.165) is 0 Å². The number of carbonyl (C=O) groups excluding carboxylic acids is 3. The Morgan fingerprint density at radius 2 is 1.67 bits per heavy atom. The van der Waals surface area contributed by atoms with Crippen LogP contribution in [0.2, 0.25) is 0 Å². The van der Waals surface area contributed by atoms with E-state index in [2.05, 4.69) is 28.6 Å². The first-order valence-corrected chi connectivity index (χ1v) is 6.79. The summed E-state index contributed by atoms with van der Waals surface area (Å²) >= 11 is 3.84. The van der Waals surface area contributed by atoms with Crippen LogP contribution < -0.4 is 21.7 Å². The normalized spacial score (nSPS) is 14.5. The van der Waals surface area contributed by atoms with Gasteiger partial charge in [0, 0.05) is 5.75 Å². The summed E-state index contributed by atoms with van der Waals surface area (Å²) in [6.45, 7) is 2.35. The fraction of sp³-hybridized carbons (Fsp3) is 0.636. The number of carbonyl (C=O) groups is 4. The van der Waals surface area contributed by atoms with E-state index in [-0.39, 0.29) is 12.3 Å². The van der Waals surface area contributed by atoms with Gasteiger partial charge in [-0.15, -0.1) is 0 Å². The van der Waals surface area contributed by atoms with Crippen LogP contribution in [0.25, 0.3) is 0 Å². The molecule has 0 bridgehead atoms. The van der Waals surface area contributed by atoms with Crippen molar-refractivity contribution in [1.29, 1.82) is 0 Å². The zero-order chi connectivity index (χ0) is 16.6. The Labute approximate surface area is 127 Å². The van der Waals surface area contributed by atoms with E-state index < -0.39 is 41.8 Å². The zero-order valence-electron chi connectivity index (χ0n) is 11.8.